The number of halogens is 1. The summed E-state index contributed by atoms with van der Waals surface area (Å²) in [6.07, 6.45) is -0.452. The van der Waals surface area contributed by atoms with Gasteiger partial charge in [0.25, 0.3) is 0 Å². The van der Waals surface area contributed by atoms with Crippen LogP contribution in [0.15, 0.2) is 48.5 Å². The average Bonchev–Trinajstić information content (AvgIpc) is 2.84. The van der Waals surface area contributed by atoms with Crippen molar-refractivity contribution < 1.29 is 28.6 Å². The van der Waals surface area contributed by atoms with Gasteiger partial charge in [-0.05, 0) is 36.6 Å². The van der Waals surface area contributed by atoms with Gasteiger partial charge in [-0.1, -0.05) is 30.3 Å². The molecule has 36 heavy (non-hydrogen) atoms. The van der Waals surface area contributed by atoms with Crippen LogP contribution in [0.1, 0.15) is 31.4 Å². The summed E-state index contributed by atoms with van der Waals surface area (Å²) in [7, 11) is 1.62. The molecule has 8 nitrogen and oxygen atoms in total. The number of aliphatic hydroxyl groups is 1. The topological polar surface area (TPSA) is 100 Å². The first-order chi connectivity index (χ1) is 17.3. The lowest BCUT2D eigenvalue weighted by molar-refractivity contribution is -0.141. The highest BCUT2D eigenvalue weighted by Crippen LogP contribution is 2.21. The van der Waals surface area contributed by atoms with Gasteiger partial charge in [-0.15, -0.1) is 0 Å². The lowest BCUT2D eigenvalue weighted by atomic mass is 9.94. The zero-order valence-electron chi connectivity index (χ0n) is 21.1. The number of benzene rings is 2. The first kappa shape index (κ1) is 27.6. The molecule has 9 heteroatoms. The van der Waals surface area contributed by atoms with Gasteiger partial charge < -0.3 is 30.1 Å². The largest absolute Gasteiger partial charge is 0.493 e. The minimum absolute atomic E-state index is 0.0133. The Hall–Kier alpha value is -3.01. The molecule has 0 aromatic heterocycles. The third-order valence-electron chi connectivity index (χ3n) is 6.26. The predicted octanol–water partition coefficient (Wildman–Crippen LogP) is 2.04. The number of aliphatic hydroxyl groups excluding tert-OH is 1. The van der Waals surface area contributed by atoms with Crippen molar-refractivity contribution in [1.29, 1.82) is 0 Å². The fraction of sp³-hybridized carbons (Fsp3) is 0.481. The molecule has 1 fully saturated rings. The van der Waals surface area contributed by atoms with Crippen LogP contribution in [-0.4, -0.2) is 72.9 Å². The molecule has 0 bridgehead atoms. The normalized spacial score (nSPS) is 18.4. The van der Waals surface area contributed by atoms with Crippen LogP contribution in [0.25, 0.3) is 0 Å². The maximum Gasteiger partial charge on any atom is 0.242 e. The molecule has 0 radical (unpaired) electrons. The molecule has 1 heterocycles. The number of rotatable bonds is 12. The van der Waals surface area contributed by atoms with Crippen molar-refractivity contribution in [2.75, 3.05) is 26.8 Å². The van der Waals surface area contributed by atoms with E-state index < -0.39 is 24.0 Å². The van der Waals surface area contributed by atoms with Gasteiger partial charge in [0.2, 0.25) is 11.8 Å². The van der Waals surface area contributed by atoms with Gasteiger partial charge in [0.05, 0.1) is 24.9 Å². The average molecular weight is 502 g/mol. The summed E-state index contributed by atoms with van der Waals surface area (Å²) < 4.78 is 25.2. The van der Waals surface area contributed by atoms with Gasteiger partial charge in [0.15, 0.2) is 0 Å². The van der Waals surface area contributed by atoms with E-state index >= 15 is 0 Å². The second kappa shape index (κ2) is 13.3. The van der Waals surface area contributed by atoms with E-state index in [-0.39, 0.29) is 24.3 Å². The highest BCUT2D eigenvalue weighted by atomic mass is 19.1. The van der Waals surface area contributed by atoms with Crippen LogP contribution in [0.4, 0.5) is 4.39 Å². The van der Waals surface area contributed by atoms with Crippen molar-refractivity contribution in [3.63, 3.8) is 0 Å². The zero-order valence-corrected chi connectivity index (χ0v) is 21.1. The Kier molecular flexibility index (Phi) is 10.2. The molecule has 2 aromatic carbocycles. The second-order valence-electron chi connectivity index (χ2n) is 9.16. The fourth-order valence-electron chi connectivity index (χ4n) is 4.26. The van der Waals surface area contributed by atoms with Crippen molar-refractivity contribution in [2.45, 2.75) is 57.5 Å². The van der Waals surface area contributed by atoms with Gasteiger partial charge in [-0.2, -0.15) is 0 Å². The Morgan fingerprint density at radius 2 is 2.00 bits per heavy atom. The number of nitrogens with zero attached hydrogens (tertiary/aromatic N) is 1. The molecule has 1 aliphatic rings. The maximum atomic E-state index is 14.3. The van der Waals surface area contributed by atoms with E-state index in [0.29, 0.717) is 44.0 Å². The van der Waals surface area contributed by atoms with Crippen LogP contribution in [0, 0.1) is 5.82 Å². The number of hydrogen-bond acceptors (Lipinski definition) is 6. The summed E-state index contributed by atoms with van der Waals surface area (Å²) in [6, 6.07) is 12.2. The zero-order chi connectivity index (χ0) is 26.1. The van der Waals surface area contributed by atoms with E-state index in [9.17, 15) is 19.1 Å². The summed E-state index contributed by atoms with van der Waals surface area (Å²) in [5, 5.41) is 17.0. The molecular weight excluding hydrogens is 465 g/mol. The molecule has 4 atom stereocenters. The van der Waals surface area contributed by atoms with Gasteiger partial charge in [-0.25, -0.2) is 4.39 Å². The molecule has 0 saturated carbocycles. The molecule has 1 saturated heterocycles. The van der Waals surface area contributed by atoms with E-state index in [4.69, 9.17) is 9.47 Å². The van der Waals surface area contributed by atoms with Crippen LogP contribution in [0.2, 0.25) is 0 Å². The molecule has 0 aliphatic carbocycles. The lowest BCUT2D eigenvalue weighted by Gasteiger charge is -2.38. The van der Waals surface area contributed by atoms with Crippen LogP contribution < -0.4 is 15.4 Å². The van der Waals surface area contributed by atoms with Crippen molar-refractivity contribution in [3.05, 3.63) is 65.5 Å². The van der Waals surface area contributed by atoms with E-state index in [0.717, 1.165) is 5.56 Å². The van der Waals surface area contributed by atoms with Crippen LogP contribution in [-0.2, 0) is 27.3 Å². The number of carbonyl (C=O) groups excluding carboxylic acids is 2. The quantitative estimate of drug-likeness (QED) is 0.412. The van der Waals surface area contributed by atoms with Crippen LogP contribution >= 0.6 is 0 Å². The molecule has 1 aliphatic heterocycles. The van der Waals surface area contributed by atoms with Crippen molar-refractivity contribution in [1.82, 2.24) is 15.5 Å². The van der Waals surface area contributed by atoms with Crippen molar-refractivity contribution in [2.24, 2.45) is 0 Å². The van der Waals surface area contributed by atoms with Crippen LogP contribution in [0.3, 0.4) is 0 Å². The van der Waals surface area contributed by atoms with Gasteiger partial charge in [0.1, 0.15) is 17.6 Å². The third-order valence-corrected chi connectivity index (χ3v) is 6.26. The Balaban J connectivity index is 1.71. The number of hydrogen-bond donors (Lipinski definition) is 3. The molecule has 196 valence electrons. The summed E-state index contributed by atoms with van der Waals surface area (Å²) in [4.78, 5) is 26.9. The van der Waals surface area contributed by atoms with Gasteiger partial charge in [0, 0.05) is 46.2 Å². The monoisotopic (exact) mass is 501 g/mol. The molecule has 0 spiro atoms. The van der Waals surface area contributed by atoms with E-state index in [1.165, 1.54) is 19.1 Å². The Labute approximate surface area is 211 Å². The van der Waals surface area contributed by atoms with Gasteiger partial charge >= 0.3 is 0 Å². The predicted molar refractivity (Wildman–Crippen MR) is 134 cm³/mol. The first-order valence-electron chi connectivity index (χ1n) is 12.2. The lowest BCUT2D eigenvalue weighted by Crippen LogP contribution is -2.63. The molecule has 2 amide bonds. The minimum atomic E-state index is -1.23. The molecular formula is C27H36FN3O5. The van der Waals surface area contributed by atoms with Crippen molar-refractivity contribution in [3.8, 4) is 5.75 Å². The first-order valence-corrected chi connectivity index (χ1v) is 12.2. The SMILES string of the molecule is COC(C)CCOc1cc(F)cc(C[C@H](NC(C)=O)[C@H](O)[C@@H]2NCCN(Cc3ccccc3)C2=O)c1. The van der Waals surface area contributed by atoms with E-state index in [1.807, 2.05) is 37.3 Å². The number of methoxy groups -OCH3 is 1. The highest BCUT2D eigenvalue weighted by molar-refractivity contribution is 5.83. The maximum absolute atomic E-state index is 14.3. The Bertz CT molecular complexity index is 1010. The molecule has 2 aromatic rings. The summed E-state index contributed by atoms with van der Waals surface area (Å²) in [5.74, 6) is -0.738. The Morgan fingerprint density at radius 1 is 1.25 bits per heavy atom. The third kappa shape index (κ3) is 8.01. The van der Waals surface area contributed by atoms with Crippen molar-refractivity contribution >= 4 is 11.8 Å². The number of nitrogens with one attached hydrogen (secondary N) is 2. The van der Waals surface area contributed by atoms with E-state index in [1.54, 1.807) is 18.1 Å². The number of ether oxygens (including phenoxy) is 2. The molecule has 3 rings (SSSR count). The number of amides is 2. The summed E-state index contributed by atoms with van der Waals surface area (Å²) in [6.45, 7) is 5.06. The molecule has 1 unspecified atom stereocenters. The highest BCUT2D eigenvalue weighted by Gasteiger charge is 2.38. The summed E-state index contributed by atoms with van der Waals surface area (Å²) in [5.41, 5.74) is 1.53. The van der Waals surface area contributed by atoms with Crippen LogP contribution in [0.5, 0.6) is 5.75 Å². The van der Waals surface area contributed by atoms with E-state index in [2.05, 4.69) is 10.6 Å². The number of piperazine rings is 1. The smallest absolute Gasteiger partial charge is 0.242 e. The second-order valence-corrected chi connectivity index (χ2v) is 9.16. The van der Waals surface area contributed by atoms with Gasteiger partial charge in [-0.3, -0.25) is 9.59 Å². The summed E-state index contributed by atoms with van der Waals surface area (Å²) >= 11 is 0. The standard InChI is InChI=1S/C27H36FN3O5/c1-18(35-3)9-12-36-23-14-21(13-22(28)16-23)15-24(30-19(2)32)26(33)25-27(34)31(11-10-29-25)17-20-7-5-4-6-8-20/h4-8,13-14,16,18,24-26,29,33H,9-12,15,17H2,1-3H3,(H,30,32)/t18?,24-,25-,26-/m0/s1. The number of carbonyl (C=O) groups is 2. The minimum Gasteiger partial charge on any atom is -0.493 e. The molecule has 3 N–H and O–H groups in total. The fourth-order valence-corrected chi connectivity index (χ4v) is 4.26. The Morgan fingerprint density at radius 3 is 2.69 bits per heavy atom.